The molecule has 0 radical (unpaired) electrons. The standard InChI is InChI=1S/C24H27N3O4/c1-3-17(2)31-21-11-12-22(18(15-21)16-25)26-23(28)24(13-5-4-6-14-24)19-7-9-20(10-8-19)27(29)30/h7-12,15,17H,3-6,13-14H2,1-2H3,(H,26,28)/t17-/m0/s1. The number of nitrogens with one attached hydrogen (secondary N) is 1. The Bertz CT molecular complexity index is 989. The number of nitrogens with zero attached hydrogens (tertiary/aromatic N) is 2. The Morgan fingerprint density at radius 2 is 1.90 bits per heavy atom. The first kappa shape index (κ1) is 22.3. The lowest BCUT2D eigenvalue weighted by molar-refractivity contribution is -0.384. The number of amides is 1. The van der Waals surface area contributed by atoms with E-state index in [1.165, 1.54) is 12.1 Å². The zero-order chi connectivity index (χ0) is 22.4. The molecule has 7 heteroatoms. The number of ether oxygens (including phenoxy) is 1. The van der Waals surface area contributed by atoms with Crippen LogP contribution in [0.4, 0.5) is 11.4 Å². The minimum absolute atomic E-state index is 0.00113. The van der Waals surface area contributed by atoms with Crippen LogP contribution in [-0.4, -0.2) is 16.9 Å². The first-order valence-corrected chi connectivity index (χ1v) is 10.7. The number of hydrogen-bond donors (Lipinski definition) is 1. The molecule has 1 aliphatic carbocycles. The molecule has 7 nitrogen and oxygen atoms in total. The second-order valence-electron chi connectivity index (χ2n) is 8.06. The Hall–Kier alpha value is -3.40. The molecule has 0 bridgehead atoms. The molecule has 3 rings (SSSR count). The summed E-state index contributed by atoms with van der Waals surface area (Å²) in [4.78, 5) is 24.1. The van der Waals surface area contributed by atoms with E-state index in [0.717, 1.165) is 31.2 Å². The molecule has 0 saturated heterocycles. The van der Waals surface area contributed by atoms with E-state index in [9.17, 15) is 20.2 Å². The zero-order valence-electron chi connectivity index (χ0n) is 17.9. The normalized spacial score (nSPS) is 16.0. The molecule has 0 aliphatic heterocycles. The molecule has 1 saturated carbocycles. The van der Waals surface area contributed by atoms with Gasteiger partial charge in [-0.2, -0.15) is 5.26 Å². The van der Waals surface area contributed by atoms with Gasteiger partial charge in [-0.1, -0.05) is 38.3 Å². The zero-order valence-corrected chi connectivity index (χ0v) is 17.9. The van der Waals surface area contributed by atoms with Crippen molar-refractivity contribution in [1.29, 1.82) is 5.26 Å². The maximum absolute atomic E-state index is 13.5. The number of benzene rings is 2. The summed E-state index contributed by atoms with van der Waals surface area (Å²) < 4.78 is 5.78. The van der Waals surface area contributed by atoms with Crippen molar-refractivity contribution >= 4 is 17.3 Å². The predicted octanol–water partition coefficient (Wildman–Crippen LogP) is 5.48. The van der Waals surface area contributed by atoms with Gasteiger partial charge in [0.2, 0.25) is 5.91 Å². The highest BCUT2D eigenvalue weighted by Crippen LogP contribution is 2.41. The summed E-state index contributed by atoms with van der Waals surface area (Å²) in [6, 6.07) is 13.5. The Kier molecular flexibility index (Phi) is 6.91. The van der Waals surface area contributed by atoms with Gasteiger partial charge in [0.15, 0.2) is 0 Å². The summed E-state index contributed by atoms with van der Waals surface area (Å²) in [6.07, 6.45) is 5.04. The molecule has 0 aromatic heterocycles. The van der Waals surface area contributed by atoms with Crippen LogP contribution in [0.25, 0.3) is 0 Å². The maximum atomic E-state index is 13.5. The van der Waals surface area contributed by atoms with Crippen molar-refractivity contribution in [1.82, 2.24) is 0 Å². The molecule has 31 heavy (non-hydrogen) atoms. The van der Waals surface area contributed by atoms with Gasteiger partial charge in [0.05, 0.1) is 27.7 Å². The average Bonchev–Trinajstić information content (AvgIpc) is 2.80. The van der Waals surface area contributed by atoms with Gasteiger partial charge in [-0.15, -0.1) is 0 Å². The van der Waals surface area contributed by atoms with E-state index in [-0.39, 0.29) is 17.7 Å². The topological polar surface area (TPSA) is 105 Å². The van der Waals surface area contributed by atoms with Crippen LogP contribution >= 0.6 is 0 Å². The number of nitro groups is 1. The van der Waals surface area contributed by atoms with E-state index in [0.29, 0.717) is 29.8 Å². The second-order valence-corrected chi connectivity index (χ2v) is 8.06. The molecule has 162 valence electrons. The lowest BCUT2D eigenvalue weighted by Gasteiger charge is -2.36. The van der Waals surface area contributed by atoms with Crippen molar-refractivity contribution in [2.24, 2.45) is 0 Å². The van der Waals surface area contributed by atoms with E-state index < -0.39 is 10.3 Å². The van der Waals surface area contributed by atoms with Crippen molar-refractivity contribution in [2.75, 3.05) is 5.32 Å². The molecule has 1 aliphatic rings. The number of carbonyl (C=O) groups excluding carboxylic acids is 1. The molecule has 2 aromatic carbocycles. The Balaban J connectivity index is 1.89. The molecule has 0 heterocycles. The van der Waals surface area contributed by atoms with Crippen LogP contribution in [0, 0.1) is 21.4 Å². The summed E-state index contributed by atoms with van der Waals surface area (Å²) >= 11 is 0. The molecular formula is C24H27N3O4. The summed E-state index contributed by atoms with van der Waals surface area (Å²) in [5.74, 6) is 0.403. The molecule has 1 atom stereocenters. The highest BCUT2D eigenvalue weighted by Gasteiger charge is 2.41. The number of nitriles is 1. The number of nitro benzene ring substituents is 1. The SMILES string of the molecule is CC[C@H](C)Oc1ccc(NC(=O)C2(c3ccc([N+](=O)[O-])cc3)CCCCC2)c(C#N)c1. The molecular weight excluding hydrogens is 394 g/mol. The van der Waals surface area contributed by atoms with Crippen LogP contribution in [0.1, 0.15) is 63.5 Å². The van der Waals surface area contributed by atoms with E-state index in [4.69, 9.17) is 4.74 Å². The van der Waals surface area contributed by atoms with Crippen molar-refractivity contribution in [2.45, 2.75) is 63.9 Å². The highest BCUT2D eigenvalue weighted by atomic mass is 16.6. The molecule has 0 spiro atoms. The molecule has 0 unspecified atom stereocenters. The third kappa shape index (κ3) is 4.85. The number of carbonyl (C=O) groups is 1. The Labute approximate surface area is 182 Å². The van der Waals surface area contributed by atoms with Crippen LogP contribution < -0.4 is 10.1 Å². The first-order valence-electron chi connectivity index (χ1n) is 10.7. The van der Waals surface area contributed by atoms with Crippen molar-refractivity contribution in [3.8, 4) is 11.8 Å². The van der Waals surface area contributed by atoms with Gasteiger partial charge >= 0.3 is 0 Å². The second kappa shape index (κ2) is 9.61. The lowest BCUT2D eigenvalue weighted by atomic mass is 9.68. The molecule has 1 N–H and O–H groups in total. The van der Waals surface area contributed by atoms with Crippen LogP contribution in [-0.2, 0) is 10.2 Å². The Morgan fingerprint density at radius 1 is 1.23 bits per heavy atom. The third-order valence-corrected chi connectivity index (χ3v) is 6.04. The van der Waals surface area contributed by atoms with E-state index in [1.807, 2.05) is 13.8 Å². The van der Waals surface area contributed by atoms with Gasteiger partial charge in [0, 0.05) is 18.2 Å². The van der Waals surface area contributed by atoms with Gasteiger partial charge < -0.3 is 10.1 Å². The lowest BCUT2D eigenvalue weighted by Crippen LogP contribution is -2.42. The minimum Gasteiger partial charge on any atom is -0.491 e. The molecule has 1 amide bonds. The summed E-state index contributed by atoms with van der Waals surface area (Å²) in [5, 5.41) is 23.6. The molecule has 2 aromatic rings. The summed E-state index contributed by atoms with van der Waals surface area (Å²) in [7, 11) is 0. The van der Waals surface area contributed by atoms with Crippen molar-refractivity contribution in [3.05, 3.63) is 63.7 Å². The maximum Gasteiger partial charge on any atom is 0.269 e. The largest absolute Gasteiger partial charge is 0.491 e. The van der Waals surface area contributed by atoms with Gasteiger partial charge in [0.25, 0.3) is 5.69 Å². The third-order valence-electron chi connectivity index (χ3n) is 6.04. The van der Waals surface area contributed by atoms with Crippen LogP contribution in [0.5, 0.6) is 5.75 Å². The predicted molar refractivity (Wildman–Crippen MR) is 118 cm³/mol. The van der Waals surface area contributed by atoms with Crippen molar-refractivity contribution < 1.29 is 14.5 Å². The fourth-order valence-corrected chi connectivity index (χ4v) is 4.06. The number of non-ortho nitro benzene ring substituents is 1. The minimum atomic E-state index is -0.772. The highest BCUT2D eigenvalue weighted by molar-refractivity contribution is 6.00. The fraction of sp³-hybridized carbons (Fsp3) is 0.417. The number of hydrogen-bond acceptors (Lipinski definition) is 5. The number of anilines is 1. The molecule has 1 fully saturated rings. The van der Waals surface area contributed by atoms with Gasteiger partial charge in [-0.3, -0.25) is 14.9 Å². The van der Waals surface area contributed by atoms with Crippen molar-refractivity contribution in [3.63, 3.8) is 0 Å². The summed E-state index contributed by atoms with van der Waals surface area (Å²) in [6.45, 7) is 3.98. The quantitative estimate of drug-likeness (QED) is 0.470. The smallest absolute Gasteiger partial charge is 0.269 e. The van der Waals surface area contributed by atoms with Crippen LogP contribution in [0.15, 0.2) is 42.5 Å². The van der Waals surface area contributed by atoms with Gasteiger partial charge in [-0.05, 0) is 43.9 Å². The van der Waals surface area contributed by atoms with E-state index >= 15 is 0 Å². The van der Waals surface area contributed by atoms with E-state index in [1.54, 1.807) is 30.3 Å². The average molecular weight is 421 g/mol. The van der Waals surface area contributed by atoms with Gasteiger partial charge in [0.1, 0.15) is 11.8 Å². The monoisotopic (exact) mass is 421 g/mol. The first-order chi connectivity index (χ1) is 14.9. The van der Waals surface area contributed by atoms with Gasteiger partial charge in [-0.25, -0.2) is 0 Å². The van der Waals surface area contributed by atoms with E-state index in [2.05, 4.69) is 11.4 Å². The summed E-state index contributed by atoms with van der Waals surface area (Å²) in [5.41, 5.74) is 0.774. The van der Waals surface area contributed by atoms with Crippen LogP contribution in [0.3, 0.4) is 0 Å². The van der Waals surface area contributed by atoms with Crippen LogP contribution in [0.2, 0.25) is 0 Å². The fourth-order valence-electron chi connectivity index (χ4n) is 4.06. The Morgan fingerprint density at radius 3 is 2.48 bits per heavy atom. The number of rotatable bonds is 7.